The summed E-state index contributed by atoms with van der Waals surface area (Å²) in [6, 6.07) is 7.44. The molecule has 0 atom stereocenters. The summed E-state index contributed by atoms with van der Waals surface area (Å²) >= 11 is 9.47. The predicted molar refractivity (Wildman–Crippen MR) is 72.2 cm³/mol. The van der Waals surface area contributed by atoms with E-state index < -0.39 is 5.97 Å². The second kappa shape index (κ2) is 5.54. The van der Waals surface area contributed by atoms with Gasteiger partial charge in [-0.25, -0.2) is 9.48 Å². The lowest BCUT2D eigenvalue weighted by atomic mass is 10.3. The van der Waals surface area contributed by atoms with Gasteiger partial charge in [0.1, 0.15) is 10.7 Å². The molecule has 4 nitrogen and oxygen atoms in total. The molecule has 1 aromatic carbocycles. The fourth-order valence-electron chi connectivity index (χ4n) is 1.44. The van der Waals surface area contributed by atoms with Gasteiger partial charge in [0, 0.05) is 4.47 Å². The normalized spacial score (nSPS) is 10.4. The number of aromatic nitrogens is 2. The number of rotatable bonds is 3. The third kappa shape index (κ3) is 2.57. The number of benzene rings is 1. The van der Waals surface area contributed by atoms with Crippen LogP contribution in [0.2, 0.25) is 5.15 Å². The maximum atomic E-state index is 11.6. The van der Waals surface area contributed by atoms with Gasteiger partial charge in [-0.3, -0.25) is 0 Å². The Kier molecular flexibility index (Phi) is 4.04. The molecule has 0 unspecified atom stereocenters. The third-order valence-electron chi connectivity index (χ3n) is 2.28. The highest BCUT2D eigenvalue weighted by Crippen LogP contribution is 2.22. The zero-order chi connectivity index (χ0) is 13.1. The van der Waals surface area contributed by atoms with E-state index in [0.717, 1.165) is 10.2 Å². The van der Waals surface area contributed by atoms with Gasteiger partial charge in [0.05, 0.1) is 18.5 Å². The van der Waals surface area contributed by atoms with Crippen molar-refractivity contribution in [2.45, 2.75) is 6.92 Å². The number of carbonyl (C=O) groups is 1. The van der Waals surface area contributed by atoms with Crippen LogP contribution < -0.4 is 0 Å². The molecule has 0 spiro atoms. The number of hydrogen-bond donors (Lipinski definition) is 0. The fourth-order valence-corrected chi connectivity index (χ4v) is 1.97. The highest BCUT2D eigenvalue weighted by molar-refractivity contribution is 9.10. The van der Waals surface area contributed by atoms with Crippen LogP contribution in [0.1, 0.15) is 17.3 Å². The summed E-state index contributed by atoms with van der Waals surface area (Å²) < 4.78 is 7.34. The van der Waals surface area contributed by atoms with Gasteiger partial charge in [0.2, 0.25) is 0 Å². The molecule has 0 radical (unpaired) electrons. The van der Waals surface area contributed by atoms with Crippen molar-refractivity contribution in [3.63, 3.8) is 0 Å². The van der Waals surface area contributed by atoms with Gasteiger partial charge < -0.3 is 4.74 Å². The highest BCUT2D eigenvalue weighted by atomic mass is 79.9. The van der Waals surface area contributed by atoms with Crippen molar-refractivity contribution < 1.29 is 9.53 Å². The van der Waals surface area contributed by atoms with Crippen LogP contribution in [0.4, 0.5) is 0 Å². The van der Waals surface area contributed by atoms with Gasteiger partial charge in [-0.2, -0.15) is 5.10 Å². The van der Waals surface area contributed by atoms with E-state index in [1.54, 1.807) is 6.92 Å². The first-order valence-corrected chi connectivity index (χ1v) is 6.47. The van der Waals surface area contributed by atoms with E-state index in [2.05, 4.69) is 21.0 Å². The van der Waals surface area contributed by atoms with Crippen molar-refractivity contribution in [2.75, 3.05) is 6.61 Å². The first-order chi connectivity index (χ1) is 8.63. The summed E-state index contributed by atoms with van der Waals surface area (Å²) in [5.41, 5.74) is 1.04. The summed E-state index contributed by atoms with van der Waals surface area (Å²) in [5, 5.41) is 4.33. The Morgan fingerprint density at radius 2 is 2.11 bits per heavy atom. The molecule has 1 heterocycles. The first kappa shape index (κ1) is 13.1. The molecule has 2 rings (SSSR count). The van der Waals surface area contributed by atoms with Crippen molar-refractivity contribution in [3.8, 4) is 5.69 Å². The molecule has 1 aromatic heterocycles. The maximum absolute atomic E-state index is 11.6. The largest absolute Gasteiger partial charge is 0.462 e. The molecule has 6 heteroatoms. The lowest BCUT2D eigenvalue weighted by Gasteiger charge is -2.04. The van der Waals surface area contributed by atoms with E-state index in [4.69, 9.17) is 16.3 Å². The monoisotopic (exact) mass is 328 g/mol. The molecule has 94 valence electrons. The van der Waals surface area contributed by atoms with Gasteiger partial charge in [-0.05, 0) is 31.2 Å². The molecule has 0 aliphatic heterocycles. The number of esters is 1. The summed E-state index contributed by atoms with van der Waals surface area (Å²) in [7, 11) is 0. The molecular formula is C12H10BrClN2O2. The molecule has 2 aromatic rings. The van der Waals surface area contributed by atoms with Gasteiger partial charge in [-0.15, -0.1) is 0 Å². The quantitative estimate of drug-likeness (QED) is 0.810. The van der Waals surface area contributed by atoms with Crippen LogP contribution in [-0.2, 0) is 4.74 Å². The molecule has 0 saturated carbocycles. The Morgan fingerprint density at radius 1 is 1.44 bits per heavy atom. The van der Waals surface area contributed by atoms with Crippen LogP contribution in [0, 0.1) is 0 Å². The lowest BCUT2D eigenvalue weighted by molar-refractivity contribution is 0.0526. The van der Waals surface area contributed by atoms with E-state index in [-0.39, 0.29) is 10.7 Å². The number of halogens is 2. The van der Waals surface area contributed by atoms with Gasteiger partial charge in [0.15, 0.2) is 0 Å². The Balaban J connectivity index is 2.36. The molecule has 0 saturated heterocycles. The van der Waals surface area contributed by atoms with Crippen molar-refractivity contribution in [1.82, 2.24) is 9.78 Å². The Bertz CT molecular complexity index is 566. The number of ether oxygens (including phenoxy) is 1. The van der Waals surface area contributed by atoms with E-state index in [1.807, 2.05) is 24.3 Å². The minimum Gasteiger partial charge on any atom is -0.462 e. The van der Waals surface area contributed by atoms with E-state index in [1.165, 1.54) is 10.9 Å². The number of nitrogens with zero attached hydrogens (tertiary/aromatic N) is 2. The van der Waals surface area contributed by atoms with Gasteiger partial charge >= 0.3 is 5.97 Å². The maximum Gasteiger partial charge on any atom is 0.342 e. The summed E-state index contributed by atoms with van der Waals surface area (Å²) in [4.78, 5) is 11.6. The second-order valence-corrected chi connectivity index (χ2v) is 4.73. The summed E-state index contributed by atoms with van der Waals surface area (Å²) in [6.07, 6.45) is 1.41. The van der Waals surface area contributed by atoms with Crippen molar-refractivity contribution >= 4 is 33.5 Å². The highest BCUT2D eigenvalue weighted by Gasteiger charge is 2.17. The Labute approximate surface area is 118 Å². The minimum absolute atomic E-state index is 0.246. The summed E-state index contributed by atoms with van der Waals surface area (Å²) in [5.74, 6) is -0.467. The smallest absolute Gasteiger partial charge is 0.342 e. The fraction of sp³-hybridized carbons (Fsp3) is 0.167. The molecular weight excluding hydrogens is 320 g/mol. The average Bonchev–Trinajstić information content (AvgIpc) is 2.73. The van der Waals surface area contributed by atoms with Gasteiger partial charge in [0.25, 0.3) is 0 Å². The van der Waals surface area contributed by atoms with Crippen LogP contribution in [0.15, 0.2) is 34.9 Å². The lowest BCUT2D eigenvalue weighted by Crippen LogP contribution is -2.04. The molecule has 0 aliphatic rings. The zero-order valence-corrected chi connectivity index (χ0v) is 11.9. The van der Waals surface area contributed by atoms with Crippen molar-refractivity contribution in [2.24, 2.45) is 0 Å². The minimum atomic E-state index is -0.467. The van der Waals surface area contributed by atoms with Crippen molar-refractivity contribution in [3.05, 3.63) is 45.7 Å². The van der Waals surface area contributed by atoms with Crippen molar-refractivity contribution in [1.29, 1.82) is 0 Å². The topological polar surface area (TPSA) is 44.1 Å². The predicted octanol–water partition coefficient (Wildman–Crippen LogP) is 3.46. The van der Waals surface area contributed by atoms with Crippen LogP contribution in [-0.4, -0.2) is 22.4 Å². The van der Waals surface area contributed by atoms with Crippen LogP contribution in [0.3, 0.4) is 0 Å². The summed E-state index contributed by atoms with van der Waals surface area (Å²) in [6.45, 7) is 2.05. The van der Waals surface area contributed by atoms with Gasteiger partial charge in [-0.1, -0.05) is 27.5 Å². The van der Waals surface area contributed by atoms with Crippen LogP contribution in [0.25, 0.3) is 5.69 Å². The first-order valence-electron chi connectivity index (χ1n) is 5.30. The second-order valence-electron chi connectivity index (χ2n) is 3.46. The van der Waals surface area contributed by atoms with E-state index >= 15 is 0 Å². The molecule has 0 amide bonds. The zero-order valence-electron chi connectivity index (χ0n) is 9.56. The molecule has 0 aliphatic carbocycles. The third-order valence-corrected chi connectivity index (χ3v) is 3.17. The number of hydrogen-bond acceptors (Lipinski definition) is 3. The molecule has 0 bridgehead atoms. The molecule has 18 heavy (non-hydrogen) atoms. The SMILES string of the molecule is CCOC(=O)c1cnn(-c2ccc(Br)cc2)c1Cl. The Hall–Kier alpha value is -1.33. The molecule has 0 N–H and O–H groups in total. The molecule has 0 fully saturated rings. The van der Waals surface area contributed by atoms with Crippen LogP contribution in [0.5, 0.6) is 0 Å². The average molecular weight is 330 g/mol. The van der Waals surface area contributed by atoms with E-state index in [9.17, 15) is 4.79 Å². The van der Waals surface area contributed by atoms with E-state index in [0.29, 0.717) is 6.61 Å². The standard InChI is InChI=1S/C12H10BrClN2O2/c1-2-18-12(17)10-7-15-16(11(10)14)9-5-3-8(13)4-6-9/h3-7H,2H2,1H3. The van der Waals surface area contributed by atoms with Crippen LogP contribution >= 0.6 is 27.5 Å². The number of carbonyl (C=O) groups excluding carboxylic acids is 1. The Morgan fingerprint density at radius 3 is 2.72 bits per heavy atom.